The Bertz CT molecular complexity index is 4240. The summed E-state index contributed by atoms with van der Waals surface area (Å²) in [6, 6.07) is 118. The predicted octanol–water partition coefficient (Wildman–Crippen LogP) is 20.7. The molecule has 0 atom stereocenters. The van der Waals surface area contributed by atoms with Gasteiger partial charge in [0.25, 0.3) is 0 Å². The minimum Gasteiger partial charge on any atom is -0.309 e. The third-order valence-corrected chi connectivity index (χ3v) is 16.0. The summed E-state index contributed by atoms with van der Waals surface area (Å²) in [4.78, 5) is 2.51. The molecule has 78 heavy (non-hydrogen) atoms. The lowest BCUT2D eigenvalue weighted by Crippen LogP contribution is -2.28. The molecule has 1 aliphatic rings. The summed E-state index contributed by atoms with van der Waals surface area (Å²) in [6.07, 6.45) is 0. The molecule has 0 spiro atoms. The quantitative estimate of drug-likeness (QED) is 0.125. The fraction of sp³-hybridized carbons (Fsp3) is 0.0130. The van der Waals surface area contributed by atoms with E-state index in [0.29, 0.717) is 0 Å². The van der Waals surface area contributed by atoms with Gasteiger partial charge >= 0.3 is 0 Å². The second-order valence-corrected chi connectivity index (χ2v) is 20.2. The van der Waals surface area contributed by atoms with Gasteiger partial charge in [0.05, 0.1) is 16.8 Å². The van der Waals surface area contributed by atoms with Crippen LogP contribution in [0.1, 0.15) is 22.3 Å². The zero-order valence-corrected chi connectivity index (χ0v) is 43.0. The Hall–Kier alpha value is -10.1. The molecular weight excluding hydrogens is 939 g/mol. The summed E-state index contributed by atoms with van der Waals surface area (Å²) in [6.45, 7) is 0. The lowest BCUT2D eigenvalue weighted by atomic mass is 9.67. The number of rotatable bonds is 11. The summed E-state index contributed by atoms with van der Waals surface area (Å²) < 4.78 is 0. The van der Waals surface area contributed by atoms with Gasteiger partial charge in [0.1, 0.15) is 0 Å². The zero-order chi connectivity index (χ0) is 51.8. The van der Waals surface area contributed by atoms with Crippen molar-refractivity contribution in [1.29, 1.82) is 0 Å². The standard InChI is InChI=1S/C77H53N/c1-6-25-55(26-7-1)63-52-49-59(53-70(63)57-29-10-3-11-30-57)54-47-50-62(51-48-54)78(73-45-20-17-37-65(73)67-41-23-32-58-31-22-40-64(75(58)67)56-27-8-2-9-28-56)74-46-21-18-38-66(74)68-42-24-44-72-76(68)69-39-16-19-43-71(69)77(72,60-33-12-4-13-34-60)61-35-14-5-15-36-61/h1-53H. The van der Waals surface area contributed by atoms with Crippen LogP contribution in [0, 0.1) is 0 Å². The SMILES string of the molecule is c1ccc(-c2ccc(-c3ccc(N(c4ccccc4-c4cccc5c4-c4ccccc4C5(c4ccccc4)c4ccccc4)c4ccccc4-c4cccc5cccc(-c6ccccc6)c45)cc3)cc2-c2ccccc2)cc1. The number of para-hydroxylation sites is 2. The monoisotopic (exact) mass is 991 g/mol. The van der Waals surface area contributed by atoms with E-state index in [9.17, 15) is 0 Å². The normalized spacial score (nSPS) is 12.2. The molecule has 13 aromatic rings. The maximum absolute atomic E-state index is 2.51. The molecule has 0 fully saturated rings. The summed E-state index contributed by atoms with van der Waals surface area (Å²) in [5, 5.41) is 2.43. The van der Waals surface area contributed by atoms with Gasteiger partial charge in [-0.25, -0.2) is 0 Å². The van der Waals surface area contributed by atoms with Crippen molar-refractivity contribution in [3.8, 4) is 77.9 Å². The maximum atomic E-state index is 2.51. The molecular formula is C77H53N. The molecule has 0 aliphatic heterocycles. The first kappa shape index (κ1) is 46.5. The van der Waals surface area contributed by atoms with Crippen LogP contribution in [-0.2, 0) is 5.41 Å². The topological polar surface area (TPSA) is 3.24 Å². The Morgan fingerprint density at radius 3 is 1.26 bits per heavy atom. The van der Waals surface area contributed by atoms with Crippen molar-refractivity contribution in [2.45, 2.75) is 5.41 Å². The van der Waals surface area contributed by atoms with Gasteiger partial charge in [0.2, 0.25) is 0 Å². The highest BCUT2D eigenvalue weighted by atomic mass is 15.1. The Morgan fingerprint density at radius 1 is 0.231 bits per heavy atom. The van der Waals surface area contributed by atoms with Crippen molar-refractivity contribution in [2.24, 2.45) is 0 Å². The van der Waals surface area contributed by atoms with Crippen LogP contribution in [-0.4, -0.2) is 0 Å². The van der Waals surface area contributed by atoms with Crippen LogP contribution < -0.4 is 4.90 Å². The van der Waals surface area contributed by atoms with E-state index in [-0.39, 0.29) is 0 Å². The van der Waals surface area contributed by atoms with Crippen molar-refractivity contribution in [1.82, 2.24) is 0 Å². The van der Waals surface area contributed by atoms with E-state index in [1.807, 2.05) is 0 Å². The van der Waals surface area contributed by atoms with Gasteiger partial charge in [0, 0.05) is 16.8 Å². The summed E-state index contributed by atoms with van der Waals surface area (Å²) in [7, 11) is 0. The minimum atomic E-state index is -0.536. The van der Waals surface area contributed by atoms with Crippen LogP contribution in [0.25, 0.3) is 88.7 Å². The highest BCUT2D eigenvalue weighted by Crippen LogP contribution is 2.59. The zero-order valence-electron chi connectivity index (χ0n) is 43.0. The van der Waals surface area contributed by atoms with Gasteiger partial charge in [0.15, 0.2) is 0 Å². The smallest absolute Gasteiger partial charge is 0.0713 e. The van der Waals surface area contributed by atoms with Crippen molar-refractivity contribution in [3.63, 3.8) is 0 Å². The lowest BCUT2D eigenvalue weighted by Gasteiger charge is -2.34. The molecule has 0 saturated heterocycles. The predicted molar refractivity (Wildman–Crippen MR) is 329 cm³/mol. The van der Waals surface area contributed by atoms with Crippen LogP contribution in [0.3, 0.4) is 0 Å². The minimum absolute atomic E-state index is 0.536. The summed E-state index contributed by atoms with van der Waals surface area (Å²) in [5.74, 6) is 0. The molecule has 0 N–H and O–H groups in total. The van der Waals surface area contributed by atoms with Gasteiger partial charge in [-0.3, -0.25) is 0 Å². The number of nitrogens with zero attached hydrogens (tertiary/aromatic N) is 1. The molecule has 1 nitrogen and oxygen atoms in total. The fourth-order valence-electron chi connectivity index (χ4n) is 12.6. The van der Waals surface area contributed by atoms with E-state index >= 15 is 0 Å². The summed E-state index contributed by atoms with van der Waals surface area (Å²) in [5.41, 5.74) is 24.4. The van der Waals surface area contributed by atoms with Gasteiger partial charge in [-0.15, -0.1) is 0 Å². The number of hydrogen-bond acceptors (Lipinski definition) is 1. The molecule has 0 bridgehead atoms. The molecule has 0 amide bonds. The van der Waals surface area contributed by atoms with E-state index in [1.54, 1.807) is 0 Å². The number of hydrogen-bond donors (Lipinski definition) is 0. The van der Waals surface area contributed by atoms with Crippen molar-refractivity contribution < 1.29 is 0 Å². The maximum Gasteiger partial charge on any atom is 0.0713 e. The lowest BCUT2D eigenvalue weighted by molar-refractivity contribution is 0.768. The Balaban J connectivity index is 0.994. The van der Waals surface area contributed by atoms with Gasteiger partial charge < -0.3 is 4.90 Å². The Labute approximate surface area is 457 Å². The molecule has 0 aromatic heterocycles. The molecule has 0 heterocycles. The van der Waals surface area contributed by atoms with Gasteiger partial charge in [-0.05, 0) is 130 Å². The number of anilines is 3. The first-order valence-electron chi connectivity index (χ1n) is 27.0. The van der Waals surface area contributed by atoms with Crippen LogP contribution in [0.15, 0.2) is 322 Å². The van der Waals surface area contributed by atoms with Crippen LogP contribution in [0.4, 0.5) is 17.1 Å². The Kier molecular flexibility index (Phi) is 11.8. The second kappa shape index (κ2) is 19.9. The van der Waals surface area contributed by atoms with Crippen molar-refractivity contribution in [2.75, 3.05) is 4.90 Å². The van der Waals surface area contributed by atoms with Crippen LogP contribution in [0.2, 0.25) is 0 Å². The molecule has 0 saturated carbocycles. The van der Waals surface area contributed by atoms with Gasteiger partial charge in [-0.1, -0.05) is 291 Å². The third kappa shape index (κ3) is 7.87. The second-order valence-electron chi connectivity index (χ2n) is 20.2. The van der Waals surface area contributed by atoms with Gasteiger partial charge in [-0.2, -0.15) is 0 Å². The van der Waals surface area contributed by atoms with E-state index in [4.69, 9.17) is 0 Å². The van der Waals surface area contributed by atoms with E-state index in [0.717, 1.165) is 39.3 Å². The molecule has 1 aliphatic carbocycles. The molecule has 14 rings (SSSR count). The van der Waals surface area contributed by atoms with E-state index in [1.165, 1.54) is 88.7 Å². The van der Waals surface area contributed by atoms with E-state index in [2.05, 4.69) is 326 Å². The number of benzene rings is 13. The highest BCUT2D eigenvalue weighted by Gasteiger charge is 2.47. The summed E-state index contributed by atoms with van der Waals surface area (Å²) >= 11 is 0. The third-order valence-electron chi connectivity index (χ3n) is 16.0. The average molecular weight is 992 g/mol. The first-order chi connectivity index (χ1) is 38.7. The van der Waals surface area contributed by atoms with Crippen molar-refractivity contribution >= 4 is 27.8 Å². The first-order valence-corrected chi connectivity index (χ1v) is 27.0. The van der Waals surface area contributed by atoms with Crippen LogP contribution >= 0.6 is 0 Å². The van der Waals surface area contributed by atoms with Crippen molar-refractivity contribution in [3.05, 3.63) is 344 Å². The number of fused-ring (bicyclic) bond motifs is 4. The van der Waals surface area contributed by atoms with Crippen LogP contribution in [0.5, 0.6) is 0 Å². The highest BCUT2D eigenvalue weighted by molar-refractivity contribution is 6.09. The molecule has 13 aromatic carbocycles. The Morgan fingerprint density at radius 2 is 0.654 bits per heavy atom. The molecule has 0 radical (unpaired) electrons. The van der Waals surface area contributed by atoms with E-state index < -0.39 is 5.41 Å². The fourth-order valence-corrected chi connectivity index (χ4v) is 12.6. The molecule has 366 valence electrons. The molecule has 0 unspecified atom stereocenters. The average Bonchev–Trinajstić information content (AvgIpc) is 3.86. The molecule has 1 heteroatoms. The largest absolute Gasteiger partial charge is 0.309 e.